The van der Waals surface area contributed by atoms with E-state index in [9.17, 15) is 13.2 Å². The van der Waals surface area contributed by atoms with E-state index in [4.69, 9.17) is 5.26 Å². The first-order valence-electron chi connectivity index (χ1n) is 7.98. The number of aromatic amines is 1. The van der Waals surface area contributed by atoms with Crippen LogP contribution in [-0.2, 0) is 26.9 Å². The van der Waals surface area contributed by atoms with E-state index in [0.717, 1.165) is 16.6 Å². The highest BCUT2D eigenvalue weighted by molar-refractivity contribution is 7.91. The lowest BCUT2D eigenvalue weighted by Crippen LogP contribution is -2.30. The highest BCUT2D eigenvalue weighted by Crippen LogP contribution is 2.14. The molecule has 0 aliphatic carbocycles. The second kappa shape index (κ2) is 7.42. The molecule has 26 heavy (non-hydrogen) atoms. The van der Waals surface area contributed by atoms with E-state index in [-0.39, 0.29) is 12.3 Å². The minimum Gasteiger partial charge on any atom is -0.357 e. The van der Waals surface area contributed by atoms with E-state index < -0.39 is 21.5 Å². The summed E-state index contributed by atoms with van der Waals surface area (Å²) in [5, 5.41) is 12.4. The number of hydrogen-bond acceptors (Lipinski definition) is 4. The molecular formula is C19H17N3O3S. The van der Waals surface area contributed by atoms with Crippen molar-refractivity contribution in [2.45, 2.75) is 12.3 Å². The minimum absolute atomic E-state index is 0.236. The molecule has 1 heterocycles. The fraction of sp³-hybridized carbons (Fsp3) is 0.158. The number of nitriles is 1. The standard InChI is InChI=1S/C19H17N3O3S/c20-10-14-5-7-15(8-6-14)12-26(24,25)13-19(23)21-11-17-9-16-3-1-2-4-18(16)22-17/h1-9,22H,11-13H2,(H,21,23). The van der Waals surface area contributed by atoms with Crippen LogP contribution >= 0.6 is 0 Å². The Balaban J connectivity index is 1.56. The smallest absolute Gasteiger partial charge is 0.235 e. The topological polar surface area (TPSA) is 103 Å². The molecule has 2 aromatic carbocycles. The molecule has 7 heteroatoms. The molecule has 132 valence electrons. The predicted octanol–water partition coefficient (Wildman–Crippen LogP) is 2.27. The average Bonchev–Trinajstić information content (AvgIpc) is 3.03. The first kappa shape index (κ1) is 17.7. The number of carbonyl (C=O) groups is 1. The van der Waals surface area contributed by atoms with E-state index in [0.29, 0.717) is 11.1 Å². The van der Waals surface area contributed by atoms with Crippen molar-refractivity contribution in [3.05, 3.63) is 71.4 Å². The number of sulfone groups is 1. The van der Waals surface area contributed by atoms with E-state index in [1.807, 2.05) is 36.4 Å². The molecule has 3 rings (SSSR count). The molecule has 3 aromatic rings. The molecule has 0 aliphatic heterocycles. The van der Waals surface area contributed by atoms with Crippen LogP contribution in [0.5, 0.6) is 0 Å². The molecule has 2 N–H and O–H groups in total. The van der Waals surface area contributed by atoms with Gasteiger partial charge in [0.25, 0.3) is 0 Å². The Bertz CT molecular complexity index is 1040. The third-order valence-electron chi connectivity index (χ3n) is 3.88. The second-order valence-electron chi connectivity index (χ2n) is 6.00. The molecule has 0 aliphatic rings. The Morgan fingerprint density at radius 3 is 2.54 bits per heavy atom. The van der Waals surface area contributed by atoms with Crippen LogP contribution in [0.1, 0.15) is 16.8 Å². The zero-order valence-electron chi connectivity index (χ0n) is 13.9. The molecule has 0 unspecified atom stereocenters. The van der Waals surface area contributed by atoms with Crippen LogP contribution in [0.25, 0.3) is 10.9 Å². The van der Waals surface area contributed by atoms with Gasteiger partial charge in [0.2, 0.25) is 5.91 Å². The van der Waals surface area contributed by atoms with Gasteiger partial charge in [-0.2, -0.15) is 5.26 Å². The number of para-hydroxylation sites is 1. The third-order valence-corrected chi connectivity index (χ3v) is 5.36. The maximum absolute atomic E-state index is 12.2. The zero-order chi connectivity index (χ0) is 18.6. The van der Waals surface area contributed by atoms with Crippen molar-refractivity contribution >= 4 is 26.6 Å². The maximum atomic E-state index is 12.2. The molecule has 0 spiro atoms. The van der Waals surface area contributed by atoms with E-state index in [1.165, 1.54) is 0 Å². The van der Waals surface area contributed by atoms with Crippen molar-refractivity contribution in [3.8, 4) is 6.07 Å². The molecule has 0 bridgehead atoms. The molecule has 0 saturated carbocycles. The van der Waals surface area contributed by atoms with Gasteiger partial charge < -0.3 is 10.3 Å². The van der Waals surface area contributed by atoms with Crippen LogP contribution in [0.15, 0.2) is 54.6 Å². The first-order chi connectivity index (χ1) is 12.4. The van der Waals surface area contributed by atoms with E-state index in [1.54, 1.807) is 24.3 Å². The summed E-state index contributed by atoms with van der Waals surface area (Å²) in [6.07, 6.45) is 0. The second-order valence-corrected chi connectivity index (χ2v) is 8.06. The summed E-state index contributed by atoms with van der Waals surface area (Å²) in [5.41, 5.74) is 2.78. The number of hydrogen-bond donors (Lipinski definition) is 2. The summed E-state index contributed by atoms with van der Waals surface area (Å²) in [5.74, 6) is -1.36. The lowest BCUT2D eigenvalue weighted by Gasteiger charge is -2.06. The van der Waals surface area contributed by atoms with Gasteiger partial charge in [0.1, 0.15) is 5.75 Å². The van der Waals surface area contributed by atoms with Gasteiger partial charge in [0.15, 0.2) is 9.84 Å². The van der Waals surface area contributed by atoms with Gasteiger partial charge in [-0.1, -0.05) is 30.3 Å². The number of carbonyl (C=O) groups excluding carboxylic acids is 1. The number of fused-ring (bicyclic) bond motifs is 1. The lowest BCUT2D eigenvalue weighted by molar-refractivity contribution is -0.118. The van der Waals surface area contributed by atoms with Gasteiger partial charge in [-0.25, -0.2) is 8.42 Å². The van der Waals surface area contributed by atoms with E-state index in [2.05, 4.69) is 10.3 Å². The molecule has 0 fully saturated rings. The van der Waals surface area contributed by atoms with E-state index >= 15 is 0 Å². The molecule has 1 amide bonds. The third kappa shape index (κ3) is 4.49. The van der Waals surface area contributed by atoms with Crippen molar-refractivity contribution in [2.75, 3.05) is 5.75 Å². The summed E-state index contributed by atoms with van der Waals surface area (Å²) in [7, 11) is -3.59. The molecule has 0 saturated heterocycles. The Kier molecular flexibility index (Phi) is 5.05. The molecular weight excluding hydrogens is 350 g/mol. The van der Waals surface area contributed by atoms with Gasteiger partial charge in [0, 0.05) is 11.2 Å². The summed E-state index contributed by atoms with van der Waals surface area (Å²) in [6, 6.07) is 17.9. The number of H-pyrrole nitrogens is 1. The van der Waals surface area contributed by atoms with Crippen LogP contribution in [-0.4, -0.2) is 25.1 Å². The van der Waals surface area contributed by atoms with Crippen molar-refractivity contribution in [1.29, 1.82) is 5.26 Å². The summed E-state index contributed by atoms with van der Waals surface area (Å²) in [4.78, 5) is 15.2. The Morgan fingerprint density at radius 2 is 1.85 bits per heavy atom. The minimum atomic E-state index is -3.59. The van der Waals surface area contributed by atoms with Crippen molar-refractivity contribution in [2.24, 2.45) is 0 Å². The Hall–Kier alpha value is -3.11. The van der Waals surface area contributed by atoms with Crippen molar-refractivity contribution in [3.63, 3.8) is 0 Å². The van der Waals surface area contributed by atoms with Crippen LogP contribution in [0.3, 0.4) is 0 Å². The first-order valence-corrected chi connectivity index (χ1v) is 9.80. The molecule has 0 radical (unpaired) electrons. The van der Waals surface area contributed by atoms with Gasteiger partial charge in [-0.05, 0) is 35.2 Å². The Morgan fingerprint density at radius 1 is 1.12 bits per heavy atom. The van der Waals surface area contributed by atoms with Gasteiger partial charge in [-0.15, -0.1) is 0 Å². The number of nitrogens with one attached hydrogen (secondary N) is 2. The van der Waals surface area contributed by atoms with Crippen LogP contribution < -0.4 is 5.32 Å². The van der Waals surface area contributed by atoms with Crippen LogP contribution in [0.2, 0.25) is 0 Å². The number of nitrogens with zero attached hydrogens (tertiary/aromatic N) is 1. The lowest BCUT2D eigenvalue weighted by atomic mass is 10.2. The molecule has 0 atom stereocenters. The van der Waals surface area contributed by atoms with Crippen LogP contribution in [0, 0.1) is 11.3 Å². The summed E-state index contributed by atoms with van der Waals surface area (Å²) >= 11 is 0. The highest BCUT2D eigenvalue weighted by Gasteiger charge is 2.17. The molecule has 1 aromatic heterocycles. The number of rotatable bonds is 6. The Labute approximate surface area is 151 Å². The normalized spacial score (nSPS) is 11.2. The van der Waals surface area contributed by atoms with Crippen LogP contribution in [0.4, 0.5) is 0 Å². The van der Waals surface area contributed by atoms with Crippen molar-refractivity contribution in [1.82, 2.24) is 10.3 Å². The number of aromatic nitrogens is 1. The number of benzene rings is 2. The van der Waals surface area contributed by atoms with Gasteiger partial charge in [0.05, 0.1) is 23.9 Å². The van der Waals surface area contributed by atoms with Gasteiger partial charge >= 0.3 is 0 Å². The monoisotopic (exact) mass is 367 g/mol. The number of amides is 1. The highest BCUT2D eigenvalue weighted by atomic mass is 32.2. The summed E-state index contributed by atoms with van der Waals surface area (Å²) in [6.45, 7) is 0.236. The fourth-order valence-electron chi connectivity index (χ4n) is 2.65. The SMILES string of the molecule is N#Cc1ccc(CS(=O)(=O)CC(=O)NCc2cc3ccccc3[nH]2)cc1. The zero-order valence-corrected chi connectivity index (χ0v) is 14.7. The maximum Gasteiger partial charge on any atom is 0.235 e. The summed E-state index contributed by atoms with van der Waals surface area (Å²) < 4.78 is 24.4. The predicted molar refractivity (Wildman–Crippen MR) is 98.8 cm³/mol. The molecule has 6 nitrogen and oxygen atoms in total. The quantitative estimate of drug-likeness (QED) is 0.697. The fourth-order valence-corrected chi connectivity index (χ4v) is 3.96. The van der Waals surface area contributed by atoms with Gasteiger partial charge in [-0.3, -0.25) is 4.79 Å². The average molecular weight is 367 g/mol. The van der Waals surface area contributed by atoms with Crippen molar-refractivity contribution < 1.29 is 13.2 Å². The largest absolute Gasteiger partial charge is 0.357 e.